The number of carbonyl (C=O) groups excluding carboxylic acids is 1. The summed E-state index contributed by atoms with van der Waals surface area (Å²) in [5.41, 5.74) is 3.42. The highest BCUT2D eigenvalue weighted by Crippen LogP contribution is 2.11. The molecular weight excluding hydrogens is 473 g/mol. The lowest BCUT2D eigenvalue weighted by molar-refractivity contribution is -0.122. The van der Waals surface area contributed by atoms with Gasteiger partial charge in [0, 0.05) is 71.7 Å². The third-order valence-electron chi connectivity index (χ3n) is 4.96. The van der Waals surface area contributed by atoms with Gasteiger partial charge in [0.25, 0.3) is 0 Å². The summed E-state index contributed by atoms with van der Waals surface area (Å²) in [4.78, 5) is 20.7. The van der Waals surface area contributed by atoms with Gasteiger partial charge >= 0.3 is 0 Å². The van der Waals surface area contributed by atoms with Crippen LogP contribution >= 0.6 is 24.0 Å². The standard InChI is InChI=1S/C18H33N7O2.HI/c1-14-16(15(2)23(4)22-14)12-21-18(19-3)25-9-7-24(8-10-25)13-17(26)20-6-11-27-5;/h6-13H2,1-5H3,(H,19,21)(H,20,26);1H. The fraction of sp³-hybridized carbons (Fsp3) is 0.722. The topological polar surface area (TPSA) is 87.0 Å². The van der Waals surface area contributed by atoms with Crippen molar-refractivity contribution in [3.8, 4) is 0 Å². The average Bonchev–Trinajstić information content (AvgIpc) is 2.89. The Bertz CT molecular complexity index is 655. The molecule has 2 heterocycles. The number of halogens is 1. The Morgan fingerprint density at radius 2 is 1.89 bits per heavy atom. The number of rotatable bonds is 7. The number of aliphatic imine (C=N–C) groups is 1. The van der Waals surface area contributed by atoms with Gasteiger partial charge in [-0.3, -0.25) is 19.4 Å². The molecule has 0 saturated carbocycles. The number of piperazine rings is 1. The fourth-order valence-electron chi connectivity index (χ4n) is 3.24. The first-order chi connectivity index (χ1) is 13.0. The maximum atomic E-state index is 11.9. The molecule has 160 valence electrons. The van der Waals surface area contributed by atoms with Gasteiger partial charge in [0.05, 0.1) is 18.8 Å². The van der Waals surface area contributed by atoms with Crippen molar-refractivity contribution < 1.29 is 9.53 Å². The van der Waals surface area contributed by atoms with Crippen molar-refractivity contribution in [2.75, 3.05) is 60.0 Å². The van der Waals surface area contributed by atoms with Gasteiger partial charge in [-0.25, -0.2) is 0 Å². The van der Waals surface area contributed by atoms with Crippen LogP contribution in [0.25, 0.3) is 0 Å². The molecule has 0 spiro atoms. The van der Waals surface area contributed by atoms with Crippen molar-refractivity contribution in [3.05, 3.63) is 17.0 Å². The molecule has 9 nitrogen and oxygen atoms in total. The largest absolute Gasteiger partial charge is 0.383 e. The lowest BCUT2D eigenvalue weighted by atomic mass is 10.2. The SMILES string of the molecule is CN=C(NCc1c(C)nn(C)c1C)N1CCN(CC(=O)NCCOC)CC1.I. The van der Waals surface area contributed by atoms with Crippen molar-refractivity contribution in [2.24, 2.45) is 12.0 Å². The molecule has 28 heavy (non-hydrogen) atoms. The van der Waals surface area contributed by atoms with Crippen LogP contribution in [0.4, 0.5) is 0 Å². The monoisotopic (exact) mass is 507 g/mol. The van der Waals surface area contributed by atoms with E-state index in [9.17, 15) is 4.79 Å². The molecule has 0 bridgehead atoms. The van der Waals surface area contributed by atoms with Gasteiger partial charge in [-0.15, -0.1) is 24.0 Å². The Kier molecular flexibility index (Phi) is 10.8. The smallest absolute Gasteiger partial charge is 0.234 e. The average molecular weight is 507 g/mol. The van der Waals surface area contributed by atoms with E-state index >= 15 is 0 Å². The minimum absolute atomic E-state index is 0. The van der Waals surface area contributed by atoms with Crippen LogP contribution in [-0.2, 0) is 23.1 Å². The highest BCUT2D eigenvalue weighted by molar-refractivity contribution is 14.0. The van der Waals surface area contributed by atoms with Crippen LogP contribution < -0.4 is 10.6 Å². The Hall–Kier alpha value is -1.40. The van der Waals surface area contributed by atoms with Crippen molar-refractivity contribution in [2.45, 2.75) is 20.4 Å². The fourth-order valence-corrected chi connectivity index (χ4v) is 3.24. The molecule has 1 aliphatic heterocycles. The van der Waals surface area contributed by atoms with Crippen LogP contribution in [0.3, 0.4) is 0 Å². The molecule has 0 radical (unpaired) electrons. The van der Waals surface area contributed by atoms with Crippen LogP contribution in [0.5, 0.6) is 0 Å². The molecule has 0 unspecified atom stereocenters. The molecular formula is C18H34IN7O2. The van der Waals surface area contributed by atoms with Crippen LogP contribution in [-0.4, -0.2) is 91.5 Å². The maximum Gasteiger partial charge on any atom is 0.234 e. The molecule has 1 saturated heterocycles. The van der Waals surface area contributed by atoms with Crippen LogP contribution in [0.1, 0.15) is 17.0 Å². The van der Waals surface area contributed by atoms with E-state index in [4.69, 9.17) is 4.74 Å². The highest BCUT2D eigenvalue weighted by atomic mass is 127. The van der Waals surface area contributed by atoms with E-state index in [1.54, 1.807) is 14.2 Å². The second-order valence-electron chi connectivity index (χ2n) is 6.78. The number of aromatic nitrogens is 2. The predicted octanol–water partition coefficient (Wildman–Crippen LogP) is 0.111. The molecule has 1 fully saturated rings. The second kappa shape index (κ2) is 12.2. The Labute approximate surface area is 184 Å². The zero-order valence-electron chi connectivity index (χ0n) is 17.6. The number of guanidine groups is 1. The third kappa shape index (κ3) is 6.89. The van der Waals surface area contributed by atoms with E-state index in [0.717, 1.165) is 37.8 Å². The van der Waals surface area contributed by atoms with E-state index < -0.39 is 0 Å². The van der Waals surface area contributed by atoms with Crippen molar-refractivity contribution >= 4 is 35.8 Å². The summed E-state index contributed by atoms with van der Waals surface area (Å²) in [7, 11) is 5.40. The van der Waals surface area contributed by atoms with Gasteiger partial charge in [0.2, 0.25) is 5.91 Å². The number of hydrogen-bond donors (Lipinski definition) is 2. The number of amides is 1. The Morgan fingerprint density at radius 3 is 2.43 bits per heavy atom. The van der Waals surface area contributed by atoms with Gasteiger partial charge in [0.1, 0.15) is 0 Å². The zero-order valence-corrected chi connectivity index (χ0v) is 19.9. The molecule has 0 aliphatic carbocycles. The quantitative estimate of drug-likeness (QED) is 0.236. The molecule has 1 amide bonds. The summed E-state index contributed by atoms with van der Waals surface area (Å²) < 4.78 is 6.85. The number of hydrogen-bond acceptors (Lipinski definition) is 5. The summed E-state index contributed by atoms with van der Waals surface area (Å²) in [6.07, 6.45) is 0. The first kappa shape index (κ1) is 24.6. The zero-order chi connectivity index (χ0) is 19.8. The lowest BCUT2D eigenvalue weighted by Crippen LogP contribution is -2.54. The van der Waals surface area contributed by atoms with Gasteiger partial charge in [-0.1, -0.05) is 0 Å². The van der Waals surface area contributed by atoms with Gasteiger partial charge in [-0.05, 0) is 13.8 Å². The normalized spacial score (nSPS) is 15.3. The van der Waals surface area contributed by atoms with Crippen LogP contribution in [0.2, 0.25) is 0 Å². The number of ether oxygens (including phenoxy) is 1. The number of aryl methyl sites for hydroxylation is 2. The van der Waals surface area contributed by atoms with E-state index in [-0.39, 0.29) is 29.9 Å². The minimum atomic E-state index is 0. The Balaban J connectivity index is 0.00000392. The van der Waals surface area contributed by atoms with Crippen molar-refractivity contribution in [3.63, 3.8) is 0 Å². The summed E-state index contributed by atoms with van der Waals surface area (Å²) >= 11 is 0. The predicted molar refractivity (Wildman–Crippen MR) is 121 cm³/mol. The summed E-state index contributed by atoms with van der Waals surface area (Å²) in [5.74, 6) is 0.937. The number of nitrogens with zero attached hydrogens (tertiary/aromatic N) is 5. The second-order valence-corrected chi connectivity index (χ2v) is 6.78. The minimum Gasteiger partial charge on any atom is -0.383 e. The molecule has 1 aromatic heterocycles. The van der Waals surface area contributed by atoms with Crippen molar-refractivity contribution in [1.29, 1.82) is 0 Å². The third-order valence-corrected chi connectivity index (χ3v) is 4.96. The number of nitrogens with one attached hydrogen (secondary N) is 2. The number of carbonyl (C=O) groups is 1. The number of methoxy groups -OCH3 is 1. The molecule has 10 heteroatoms. The molecule has 2 N–H and O–H groups in total. The van der Waals surface area contributed by atoms with Crippen molar-refractivity contribution in [1.82, 2.24) is 30.2 Å². The van der Waals surface area contributed by atoms with E-state index in [1.807, 2.05) is 18.7 Å². The first-order valence-electron chi connectivity index (χ1n) is 9.39. The van der Waals surface area contributed by atoms with Crippen LogP contribution in [0.15, 0.2) is 4.99 Å². The summed E-state index contributed by atoms with van der Waals surface area (Å²) in [5, 5.41) is 10.8. The summed E-state index contributed by atoms with van der Waals surface area (Å²) in [6, 6.07) is 0. The van der Waals surface area contributed by atoms with Gasteiger partial charge in [-0.2, -0.15) is 5.10 Å². The summed E-state index contributed by atoms with van der Waals surface area (Å²) in [6.45, 7) is 9.70. The van der Waals surface area contributed by atoms with E-state index in [1.165, 1.54) is 11.3 Å². The van der Waals surface area contributed by atoms with E-state index in [0.29, 0.717) is 26.2 Å². The van der Waals surface area contributed by atoms with Gasteiger partial charge in [0.15, 0.2) is 5.96 Å². The Morgan fingerprint density at radius 1 is 1.21 bits per heavy atom. The maximum absolute atomic E-state index is 11.9. The molecule has 0 aromatic carbocycles. The first-order valence-corrected chi connectivity index (χ1v) is 9.39. The molecule has 2 rings (SSSR count). The van der Waals surface area contributed by atoms with Gasteiger partial charge < -0.3 is 20.3 Å². The lowest BCUT2D eigenvalue weighted by Gasteiger charge is -2.36. The molecule has 1 aliphatic rings. The van der Waals surface area contributed by atoms with Crippen LogP contribution in [0, 0.1) is 13.8 Å². The molecule has 0 atom stereocenters. The molecule has 1 aromatic rings. The van der Waals surface area contributed by atoms with E-state index in [2.05, 4.69) is 37.4 Å². The highest BCUT2D eigenvalue weighted by Gasteiger charge is 2.21.